The fraction of sp³-hybridized carbons (Fsp3) is 0.267. The Balaban J connectivity index is 1.67. The summed E-state index contributed by atoms with van der Waals surface area (Å²) in [6.45, 7) is 0.146. The first kappa shape index (κ1) is 14.6. The van der Waals surface area contributed by atoms with Gasteiger partial charge in [-0.2, -0.15) is 5.10 Å². The number of carboxylic acids is 1. The summed E-state index contributed by atoms with van der Waals surface area (Å²) in [6, 6.07) is 7.06. The Bertz CT molecular complexity index is 720. The van der Waals surface area contributed by atoms with Crippen LogP contribution in [0.25, 0.3) is 5.69 Å². The zero-order chi connectivity index (χ0) is 15.7. The average Bonchev–Trinajstić information content (AvgIpc) is 3.15. The van der Waals surface area contributed by atoms with E-state index in [1.54, 1.807) is 35.1 Å². The van der Waals surface area contributed by atoms with Crippen molar-refractivity contribution < 1.29 is 14.7 Å². The Morgan fingerprint density at radius 1 is 1.32 bits per heavy atom. The highest BCUT2D eigenvalue weighted by atomic mass is 35.5. The van der Waals surface area contributed by atoms with Crippen molar-refractivity contribution in [1.82, 2.24) is 15.1 Å². The van der Waals surface area contributed by atoms with Crippen molar-refractivity contribution >= 4 is 23.5 Å². The lowest BCUT2D eigenvalue weighted by molar-refractivity contribution is -0.143. The number of halogens is 1. The molecule has 0 atom stereocenters. The number of aromatic nitrogens is 2. The Morgan fingerprint density at radius 3 is 2.59 bits per heavy atom. The second kappa shape index (κ2) is 5.46. The van der Waals surface area contributed by atoms with Gasteiger partial charge >= 0.3 is 5.97 Å². The summed E-state index contributed by atoms with van der Waals surface area (Å²) >= 11 is 5.83. The molecule has 2 aromatic rings. The smallest absolute Gasteiger partial charge is 0.311 e. The molecule has 114 valence electrons. The van der Waals surface area contributed by atoms with E-state index >= 15 is 0 Å². The molecule has 1 saturated carbocycles. The highest BCUT2D eigenvalue weighted by Crippen LogP contribution is 2.45. The van der Waals surface area contributed by atoms with Gasteiger partial charge in [0.15, 0.2) is 0 Å². The van der Waals surface area contributed by atoms with Gasteiger partial charge in [-0.3, -0.25) is 9.59 Å². The van der Waals surface area contributed by atoms with E-state index in [0.717, 1.165) is 5.69 Å². The Hall–Kier alpha value is -2.34. The van der Waals surface area contributed by atoms with Crippen LogP contribution in [0.3, 0.4) is 0 Å². The van der Waals surface area contributed by atoms with Crippen molar-refractivity contribution in [3.05, 3.63) is 47.2 Å². The van der Waals surface area contributed by atoms with E-state index < -0.39 is 11.4 Å². The molecule has 0 aliphatic heterocycles. The maximum atomic E-state index is 12.1. The number of carbonyl (C=O) groups excluding carboxylic acids is 1. The maximum Gasteiger partial charge on any atom is 0.311 e. The van der Waals surface area contributed by atoms with E-state index in [-0.39, 0.29) is 12.5 Å². The fourth-order valence-corrected chi connectivity index (χ4v) is 2.27. The normalized spacial score (nSPS) is 15.3. The third kappa shape index (κ3) is 2.82. The van der Waals surface area contributed by atoms with Crippen LogP contribution < -0.4 is 5.32 Å². The molecule has 1 aromatic carbocycles. The van der Waals surface area contributed by atoms with Crippen LogP contribution in [0.5, 0.6) is 0 Å². The van der Waals surface area contributed by atoms with Crippen molar-refractivity contribution in [2.75, 3.05) is 6.54 Å². The lowest BCUT2D eigenvalue weighted by Crippen LogP contribution is -2.34. The third-order valence-corrected chi connectivity index (χ3v) is 4.08. The van der Waals surface area contributed by atoms with E-state index in [1.807, 2.05) is 0 Å². The molecule has 0 saturated heterocycles. The predicted octanol–water partition coefficient (Wildman–Crippen LogP) is 2.12. The molecule has 0 radical (unpaired) electrons. The van der Waals surface area contributed by atoms with Gasteiger partial charge in [-0.1, -0.05) is 11.6 Å². The lowest BCUT2D eigenvalue weighted by Gasteiger charge is -2.10. The summed E-state index contributed by atoms with van der Waals surface area (Å²) in [5, 5.41) is 16.5. The van der Waals surface area contributed by atoms with Crippen molar-refractivity contribution in [2.24, 2.45) is 5.41 Å². The van der Waals surface area contributed by atoms with Gasteiger partial charge in [-0.05, 0) is 37.1 Å². The van der Waals surface area contributed by atoms with Gasteiger partial charge in [0, 0.05) is 17.8 Å². The second-order valence-electron chi connectivity index (χ2n) is 5.42. The van der Waals surface area contributed by atoms with Crippen LogP contribution in [0.1, 0.15) is 23.2 Å². The Kier molecular flexibility index (Phi) is 3.62. The summed E-state index contributed by atoms with van der Waals surface area (Å²) in [7, 11) is 0. The number of amides is 1. The largest absolute Gasteiger partial charge is 0.481 e. The molecule has 1 heterocycles. The Morgan fingerprint density at radius 2 is 2.00 bits per heavy atom. The van der Waals surface area contributed by atoms with Gasteiger partial charge in [0.25, 0.3) is 5.91 Å². The number of hydrogen-bond donors (Lipinski definition) is 2. The average molecular weight is 320 g/mol. The zero-order valence-electron chi connectivity index (χ0n) is 11.6. The SMILES string of the molecule is O=C(NCC1(C(=O)O)CC1)c1cnn(-c2ccc(Cl)cc2)c1. The minimum absolute atomic E-state index is 0.146. The van der Waals surface area contributed by atoms with Crippen LogP contribution in [0.2, 0.25) is 5.02 Å². The zero-order valence-corrected chi connectivity index (χ0v) is 12.4. The van der Waals surface area contributed by atoms with Crippen LogP contribution in [0.4, 0.5) is 0 Å². The minimum atomic E-state index is -0.857. The molecule has 7 heteroatoms. The van der Waals surface area contributed by atoms with Crippen LogP contribution in [0, 0.1) is 5.41 Å². The third-order valence-electron chi connectivity index (χ3n) is 3.83. The molecular weight excluding hydrogens is 306 g/mol. The van der Waals surface area contributed by atoms with Gasteiger partial charge < -0.3 is 10.4 Å². The number of nitrogens with one attached hydrogen (secondary N) is 1. The molecule has 0 spiro atoms. The summed E-state index contributed by atoms with van der Waals surface area (Å²) in [4.78, 5) is 23.1. The Labute approximate surface area is 131 Å². The molecule has 1 aliphatic carbocycles. The quantitative estimate of drug-likeness (QED) is 0.884. The van der Waals surface area contributed by atoms with Crippen LogP contribution >= 0.6 is 11.6 Å². The summed E-state index contributed by atoms with van der Waals surface area (Å²) in [6.07, 6.45) is 4.25. The van der Waals surface area contributed by atoms with Gasteiger partial charge in [0.2, 0.25) is 0 Å². The molecule has 1 amide bonds. The van der Waals surface area contributed by atoms with Crippen LogP contribution in [0.15, 0.2) is 36.7 Å². The molecule has 0 bridgehead atoms. The summed E-state index contributed by atoms with van der Waals surface area (Å²) < 4.78 is 1.56. The summed E-state index contributed by atoms with van der Waals surface area (Å²) in [5.41, 5.74) is 0.394. The monoisotopic (exact) mass is 319 g/mol. The molecule has 6 nitrogen and oxygen atoms in total. The van der Waals surface area contributed by atoms with Crippen LogP contribution in [-0.2, 0) is 4.79 Å². The van der Waals surface area contributed by atoms with Crippen LogP contribution in [-0.4, -0.2) is 33.3 Å². The first-order valence-electron chi connectivity index (χ1n) is 6.82. The number of nitrogens with zero attached hydrogens (tertiary/aromatic N) is 2. The van der Waals surface area contributed by atoms with E-state index in [4.69, 9.17) is 16.7 Å². The highest BCUT2D eigenvalue weighted by molar-refractivity contribution is 6.30. The number of rotatable bonds is 5. The minimum Gasteiger partial charge on any atom is -0.481 e. The van der Waals surface area contributed by atoms with E-state index in [1.165, 1.54) is 6.20 Å². The first-order chi connectivity index (χ1) is 10.5. The second-order valence-corrected chi connectivity index (χ2v) is 5.85. The molecule has 22 heavy (non-hydrogen) atoms. The van der Waals surface area contributed by atoms with Gasteiger partial charge in [-0.15, -0.1) is 0 Å². The number of benzene rings is 1. The number of carbonyl (C=O) groups is 2. The van der Waals surface area contributed by atoms with Crippen molar-refractivity contribution in [3.8, 4) is 5.69 Å². The molecule has 0 unspecified atom stereocenters. The first-order valence-corrected chi connectivity index (χ1v) is 7.20. The van der Waals surface area contributed by atoms with Crippen molar-refractivity contribution in [2.45, 2.75) is 12.8 Å². The number of aliphatic carboxylic acids is 1. The van der Waals surface area contributed by atoms with Gasteiger partial charge in [0.1, 0.15) is 0 Å². The molecule has 2 N–H and O–H groups in total. The maximum absolute atomic E-state index is 12.1. The van der Waals surface area contributed by atoms with E-state index in [0.29, 0.717) is 23.4 Å². The van der Waals surface area contributed by atoms with Crippen molar-refractivity contribution in [3.63, 3.8) is 0 Å². The lowest BCUT2D eigenvalue weighted by atomic mass is 10.1. The summed E-state index contributed by atoms with van der Waals surface area (Å²) in [5.74, 6) is -1.18. The number of carboxylic acid groups (broad SMARTS) is 1. The molecule has 1 aliphatic rings. The van der Waals surface area contributed by atoms with Gasteiger partial charge in [-0.25, -0.2) is 4.68 Å². The highest BCUT2D eigenvalue weighted by Gasteiger charge is 2.50. The molecular formula is C15H14ClN3O3. The number of hydrogen-bond acceptors (Lipinski definition) is 3. The predicted molar refractivity (Wildman–Crippen MR) is 80.2 cm³/mol. The van der Waals surface area contributed by atoms with E-state index in [2.05, 4.69) is 10.4 Å². The van der Waals surface area contributed by atoms with Crippen molar-refractivity contribution in [1.29, 1.82) is 0 Å². The molecule has 1 fully saturated rings. The van der Waals surface area contributed by atoms with E-state index in [9.17, 15) is 9.59 Å². The topological polar surface area (TPSA) is 84.2 Å². The standard InChI is InChI=1S/C15H14ClN3O3/c16-11-1-3-12(4-2-11)19-8-10(7-18-19)13(20)17-9-15(5-6-15)14(21)22/h1-4,7-8H,5-6,9H2,(H,17,20)(H,21,22). The van der Waals surface area contributed by atoms with Gasteiger partial charge in [0.05, 0.1) is 22.9 Å². The fourth-order valence-electron chi connectivity index (χ4n) is 2.14. The molecule has 1 aromatic heterocycles. The molecule has 3 rings (SSSR count).